The molecule has 0 unspecified atom stereocenters. The van der Waals surface area contributed by atoms with Gasteiger partial charge in [-0.1, -0.05) is 24.3 Å². The first-order valence-electron chi connectivity index (χ1n) is 9.01. The molecule has 0 fully saturated rings. The maximum atomic E-state index is 12.9. The standard InChI is InChI=1S/C20H30N2O6/c1-13-11-9-10-12-14(13)15(21-17(24)28-19(5,6)7)20(8,22(25)26)16(23)27-18(2,3)4/h9-12,15H,1-8H3,(H,21,24)/t15-,20+/m0/s1. The molecule has 0 heterocycles. The number of hydrogen-bond acceptors (Lipinski definition) is 6. The number of alkyl carbamates (subject to hydrolysis) is 1. The minimum atomic E-state index is -2.27. The molecule has 0 saturated heterocycles. The molecule has 0 spiro atoms. The van der Waals surface area contributed by atoms with Crippen molar-refractivity contribution in [3.63, 3.8) is 0 Å². The first-order valence-corrected chi connectivity index (χ1v) is 9.01. The minimum Gasteiger partial charge on any atom is -0.455 e. The van der Waals surface area contributed by atoms with E-state index in [0.29, 0.717) is 11.1 Å². The third kappa shape index (κ3) is 5.94. The van der Waals surface area contributed by atoms with Gasteiger partial charge in [0.15, 0.2) is 0 Å². The van der Waals surface area contributed by atoms with E-state index < -0.39 is 39.8 Å². The summed E-state index contributed by atoms with van der Waals surface area (Å²) in [5.41, 5.74) is -2.90. The van der Waals surface area contributed by atoms with Gasteiger partial charge in [-0.05, 0) is 59.6 Å². The largest absolute Gasteiger partial charge is 0.455 e. The van der Waals surface area contributed by atoms with Crippen molar-refractivity contribution in [3.8, 4) is 0 Å². The average molecular weight is 394 g/mol. The second-order valence-electron chi connectivity index (χ2n) is 8.84. The van der Waals surface area contributed by atoms with E-state index in [0.717, 1.165) is 6.92 Å². The normalized spacial score (nSPS) is 15.1. The van der Waals surface area contributed by atoms with Crippen molar-refractivity contribution in [2.24, 2.45) is 0 Å². The van der Waals surface area contributed by atoms with Gasteiger partial charge in [0.25, 0.3) is 0 Å². The molecule has 1 rings (SSSR count). The van der Waals surface area contributed by atoms with Gasteiger partial charge in [-0.25, -0.2) is 9.59 Å². The van der Waals surface area contributed by atoms with Gasteiger partial charge < -0.3 is 14.8 Å². The second-order valence-corrected chi connectivity index (χ2v) is 8.84. The smallest absolute Gasteiger partial charge is 0.408 e. The summed E-state index contributed by atoms with van der Waals surface area (Å²) in [6.45, 7) is 12.8. The number of ether oxygens (including phenoxy) is 2. The van der Waals surface area contributed by atoms with Crippen LogP contribution in [0.4, 0.5) is 4.79 Å². The number of nitrogens with zero attached hydrogens (tertiary/aromatic N) is 1. The summed E-state index contributed by atoms with van der Waals surface area (Å²) < 4.78 is 10.6. The molecular formula is C20H30N2O6. The van der Waals surface area contributed by atoms with Gasteiger partial charge in [0.2, 0.25) is 0 Å². The van der Waals surface area contributed by atoms with Crippen molar-refractivity contribution in [2.75, 3.05) is 0 Å². The van der Waals surface area contributed by atoms with E-state index in [4.69, 9.17) is 9.47 Å². The fourth-order valence-corrected chi connectivity index (χ4v) is 2.54. The van der Waals surface area contributed by atoms with Crippen molar-refractivity contribution in [2.45, 2.75) is 78.2 Å². The van der Waals surface area contributed by atoms with Crippen LogP contribution < -0.4 is 5.32 Å². The highest BCUT2D eigenvalue weighted by Gasteiger charge is 2.57. The van der Waals surface area contributed by atoms with E-state index in [9.17, 15) is 19.7 Å². The number of hydrogen-bond donors (Lipinski definition) is 1. The van der Waals surface area contributed by atoms with Crippen molar-refractivity contribution in [3.05, 3.63) is 45.5 Å². The van der Waals surface area contributed by atoms with Crippen molar-refractivity contribution in [1.82, 2.24) is 5.32 Å². The van der Waals surface area contributed by atoms with Crippen LogP contribution in [-0.4, -0.2) is 33.7 Å². The van der Waals surface area contributed by atoms with E-state index in [1.165, 1.54) is 0 Å². The highest BCUT2D eigenvalue weighted by Crippen LogP contribution is 2.33. The Balaban J connectivity index is 3.49. The van der Waals surface area contributed by atoms with Crippen LogP contribution in [0, 0.1) is 17.0 Å². The van der Waals surface area contributed by atoms with Gasteiger partial charge in [-0.3, -0.25) is 10.1 Å². The number of nitro groups is 1. The van der Waals surface area contributed by atoms with Crippen LogP contribution >= 0.6 is 0 Å². The first kappa shape index (κ1) is 23.4. The molecular weight excluding hydrogens is 364 g/mol. The number of esters is 1. The zero-order chi connectivity index (χ0) is 21.9. The maximum Gasteiger partial charge on any atom is 0.408 e. The Kier molecular flexibility index (Phi) is 6.82. The summed E-state index contributed by atoms with van der Waals surface area (Å²) in [5.74, 6) is -1.05. The fourth-order valence-electron chi connectivity index (χ4n) is 2.54. The van der Waals surface area contributed by atoms with Crippen molar-refractivity contribution in [1.29, 1.82) is 0 Å². The molecule has 1 aromatic carbocycles. The monoisotopic (exact) mass is 394 g/mol. The number of carbonyl (C=O) groups excluding carboxylic acids is 2. The molecule has 0 aromatic heterocycles. The number of aryl methyl sites for hydroxylation is 1. The lowest BCUT2D eigenvalue weighted by Gasteiger charge is -2.33. The molecule has 0 aliphatic carbocycles. The van der Waals surface area contributed by atoms with Crippen LogP contribution in [0.2, 0.25) is 0 Å². The van der Waals surface area contributed by atoms with E-state index in [1.807, 2.05) is 0 Å². The highest BCUT2D eigenvalue weighted by molar-refractivity contribution is 5.82. The molecule has 0 bridgehead atoms. The van der Waals surface area contributed by atoms with Crippen molar-refractivity contribution < 1.29 is 24.0 Å². The molecule has 0 aliphatic heterocycles. The van der Waals surface area contributed by atoms with Crippen LogP contribution in [0.1, 0.15) is 65.6 Å². The van der Waals surface area contributed by atoms with Crippen molar-refractivity contribution >= 4 is 12.1 Å². The fraction of sp³-hybridized carbons (Fsp3) is 0.600. The van der Waals surface area contributed by atoms with Gasteiger partial charge >= 0.3 is 17.6 Å². The zero-order valence-electron chi connectivity index (χ0n) is 17.8. The molecule has 2 atom stereocenters. The molecule has 28 heavy (non-hydrogen) atoms. The summed E-state index contributed by atoms with van der Waals surface area (Å²) in [7, 11) is 0. The SMILES string of the molecule is Cc1ccccc1[C@H](NC(=O)OC(C)(C)C)[C@](C)(C(=O)OC(C)(C)C)[N+](=O)[O-]. The van der Waals surface area contributed by atoms with Gasteiger partial charge in [-0.15, -0.1) is 0 Å². The summed E-state index contributed by atoms with van der Waals surface area (Å²) in [6, 6.07) is 5.52. The second kappa shape index (κ2) is 8.16. The van der Waals surface area contributed by atoms with Crippen LogP contribution in [0.3, 0.4) is 0 Å². The molecule has 1 N–H and O–H groups in total. The summed E-state index contributed by atoms with van der Waals surface area (Å²) >= 11 is 0. The quantitative estimate of drug-likeness (QED) is 0.460. The van der Waals surface area contributed by atoms with E-state index in [2.05, 4.69) is 5.32 Å². The lowest BCUT2D eigenvalue weighted by molar-refractivity contribution is -0.557. The average Bonchev–Trinajstić information content (AvgIpc) is 2.49. The Labute approximate surface area is 165 Å². The molecule has 1 amide bonds. The van der Waals surface area contributed by atoms with E-state index in [1.54, 1.807) is 72.7 Å². The molecule has 8 heteroatoms. The zero-order valence-corrected chi connectivity index (χ0v) is 17.8. The minimum absolute atomic E-state index is 0.429. The molecule has 8 nitrogen and oxygen atoms in total. The Hall–Kier alpha value is -2.64. The predicted octanol–water partition coefficient (Wildman–Crippen LogP) is 3.94. The number of benzene rings is 1. The topological polar surface area (TPSA) is 108 Å². The Morgan fingerprint density at radius 2 is 1.50 bits per heavy atom. The molecule has 156 valence electrons. The Morgan fingerprint density at radius 1 is 1.00 bits per heavy atom. The number of nitrogens with one attached hydrogen (secondary N) is 1. The van der Waals surface area contributed by atoms with Gasteiger partial charge in [0.1, 0.15) is 17.2 Å². The van der Waals surface area contributed by atoms with Gasteiger partial charge in [0.05, 0.1) is 0 Å². The third-order valence-electron chi connectivity index (χ3n) is 3.91. The summed E-state index contributed by atoms with van der Waals surface area (Å²) in [4.78, 5) is 36.6. The van der Waals surface area contributed by atoms with Crippen LogP contribution in [0.5, 0.6) is 0 Å². The van der Waals surface area contributed by atoms with E-state index >= 15 is 0 Å². The number of amides is 1. The van der Waals surface area contributed by atoms with Gasteiger partial charge in [0, 0.05) is 11.8 Å². The molecule has 0 radical (unpaired) electrons. The number of carbonyl (C=O) groups is 2. The van der Waals surface area contributed by atoms with Crippen LogP contribution in [-0.2, 0) is 14.3 Å². The summed E-state index contributed by atoms with van der Waals surface area (Å²) in [6.07, 6.45) is -0.864. The first-order chi connectivity index (χ1) is 12.6. The summed E-state index contributed by atoms with van der Waals surface area (Å²) in [5, 5.41) is 14.6. The van der Waals surface area contributed by atoms with Crippen LogP contribution in [0.15, 0.2) is 24.3 Å². The Bertz CT molecular complexity index is 748. The molecule has 1 aromatic rings. The predicted molar refractivity (Wildman–Crippen MR) is 105 cm³/mol. The Morgan fingerprint density at radius 3 is 1.93 bits per heavy atom. The van der Waals surface area contributed by atoms with E-state index in [-0.39, 0.29) is 0 Å². The van der Waals surface area contributed by atoms with Crippen LogP contribution in [0.25, 0.3) is 0 Å². The highest BCUT2D eigenvalue weighted by atomic mass is 16.6. The maximum absolute atomic E-state index is 12.9. The molecule has 0 aliphatic rings. The van der Waals surface area contributed by atoms with Gasteiger partial charge in [-0.2, -0.15) is 0 Å². The lowest BCUT2D eigenvalue weighted by atomic mass is 9.85. The third-order valence-corrected chi connectivity index (χ3v) is 3.91. The lowest BCUT2D eigenvalue weighted by Crippen LogP contribution is -2.57. The number of rotatable bonds is 5. The molecule has 0 saturated carbocycles.